The SMILES string of the molecule is CC(C)OCCOC(=O)C(C)(C)c1cccc(Cl)c1. The van der Waals surface area contributed by atoms with Crippen LogP contribution in [0.15, 0.2) is 24.3 Å². The lowest BCUT2D eigenvalue weighted by Crippen LogP contribution is -2.32. The molecule has 0 spiro atoms. The second-order valence-corrected chi connectivity index (χ2v) is 5.63. The van der Waals surface area contributed by atoms with Gasteiger partial charge in [0.2, 0.25) is 0 Å². The molecule has 0 bridgehead atoms. The number of benzene rings is 1. The van der Waals surface area contributed by atoms with Gasteiger partial charge in [0.15, 0.2) is 0 Å². The van der Waals surface area contributed by atoms with Crippen LogP contribution in [0.4, 0.5) is 0 Å². The molecule has 0 saturated heterocycles. The van der Waals surface area contributed by atoms with Crippen molar-refractivity contribution in [1.82, 2.24) is 0 Å². The van der Waals surface area contributed by atoms with E-state index in [0.717, 1.165) is 5.56 Å². The van der Waals surface area contributed by atoms with E-state index >= 15 is 0 Å². The lowest BCUT2D eigenvalue weighted by molar-refractivity contribution is -0.151. The molecule has 1 rings (SSSR count). The second kappa shape index (κ2) is 6.92. The van der Waals surface area contributed by atoms with Gasteiger partial charge in [-0.1, -0.05) is 23.7 Å². The largest absolute Gasteiger partial charge is 0.463 e. The number of ether oxygens (including phenoxy) is 2. The van der Waals surface area contributed by atoms with Gasteiger partial charge in [-0.15, -0.1) is 0 Å². The summed E-state index contributed by atoms with van der Waals surface area (Å²) in [6, 6.07) is 7.27. The molecule has 0 aliphatic heterocycles. The van der Waals surface area contributed by atoms with Crippen LogP contribution in [0.3, 0.4) is 0 Å². The van der Waals surface area contributed by atoms with Crippen LogP contribution in [0, 0.1) is 0 Å². The zero-order valence-corrected chi connectivity index (χ0v) is 12.7. The zero-order valence-electron chi connectivity index (χ0n) is 11.9. The summed E-state index contributed by atoms with van der Waals surface area (Å²) in [5.41, 5.74) is 0.123. The Balaban J connectivity index is 2.59. The summed E-state index contributed by atoms with van der Waals surface area (Å²) in [4.78, 5) is 12.1. The minimum absolute atomic E-state index is 0.139. The Kier molecular flexibility index (Phi) is 5.83. The van der Waals surface area contributed by atoms with Crippen molar-refractivity contribution in [2.75, 3.05) is 13.2 Å². The van der Waals surface area contributed by atoms with Crippen LogP contribution in [-0.4, -0.2) is 25.3 Å². The summed E-state index contributed by atoms with van der Waals surface area (Å²) in [5, 5.41) is 0.613. The van der Waals surface area contributed by atoms with E-state index in [0.29, 0.717) is 11.6 Å². The topological polar surface area (TPSA) is 35.5 Å². The Morgan fingerprint density at radius 1 is 1.32 bits per heavy atom. The minimum Gasteiger partial charge on any atom is -0.463 e. The van der Waals surface area contributed by atoms with E-state index in [4.69, 9.17) is 21.1 Å². The minimum atomic E-state index is -0.720. The van der Waals surface area contributed by atoms with Crippen LogP contribution in [0.5, 0.6) is 0 Å². The first-order valence-corrected chi connectivity index (χ1v) is 6.76. The van der Waals surface area contributed by atoms with Gasteiger partial charge in [-0.3, -0.25) is 4.79 Å². The van der Waals surface area contributed by atoms with Gasteiger partial charge in [0.25, 0.3) is 0 Å². The van der Waals surface area contributed by atoms with E-state index in [-0.39, 0.29) is 18.7 Å². The maximum absolute atomic E-state index is 12.1. The summed E-state index contributed by atoms with van der Waals surface area (Å²) in [6.07, 6.45) is 0.139. The molecular weight excluding hydrogens is 264 g/mol. The van der Waals surface area contributed by atoms with Gasteiger partial charge in [0.05, 0.1) is 18.1 Å². The summed E-state index contributed by atoms with van der Waals surface area (Å²) < 4.78 is 10.6. The zero-order chi connectivity index (χ0) is 14.5. The fraction of sp³-hybridized carbons (Fsp3) is 0.533. The fourth-order valence-corrected chi connectivity index (χ4v) is 1.78. The summed E-state index contributed by atoms with van der Waals surface area (Å²) >= 11 is 5.95. The van der Waals surface area contributed by atoms with E-state index in [1.807, 2.05) is 39.8 Å². The highest BCUT2D eigenvalue weighted by molar-refractivity contribution is 6.30. The average molecular weight is 285 g/mol. The van der Waals surface area contributed by atoms with Crippen molar-refractivity contribution in [1.29, 1.82) is 0 Å². The number of carbonyl (C=O) groups is 1. The van der Waals surface area contributed by atoms with Gasteiger partial charge in [-0.2, -0.15) is 0 Å². The van der Waals surface area contributed by atoms with Crippen molar-refractivity contribution in [3.63, 3.8) is 0 Å². The highest BCUT2D eigenvalue weighted by Gasteiger charge is 2.31. The van der Waals surface area contributed by atoms with Crippen LogP contribution in [0.1, 0.15) is 33.3 Å². The lowest BCUT2D eigenvalue weighted by atomic mass is 9.85. The molecule has 0 N–H and O–H groups in total. The van der Waals surface area contributed by atoms with Crippen molar-refractivity contribution >= 4 is 17.6 Å². The molecule has 0 fully saturated rings. The van der Waals surface area contributed by atoms with E-state index in [2.05, 4.69) is 0 Å². The van der Waals surface area contributed by atoms with Crippen molar-refractivity contribution in [3.05, 3.63) is 34.9 Å². The Labute approximate surface area is 119 Å². The van der Waals surface area contributed by atoms with Gasteiger partial charge < -0.3 is 9.47 Å². The first kappa shape index (κ1) is 16.0. The molecule has 0 radical (unpaired) electrons. The Hall–Kier alpha value is -1.06. The Morgan fingerprint density at radius 2 is 2.00 bits per heavy atom. The van der Waals surface area contributed by atoms with Gasteiger partial charge in [0.1, 0.15) is 6.61 Å². The number of hydrogen-bond acceptors (Lipinski definition) is 3. The first-order valence-electron chi connectivity index (χ1n) is 6.39. The smallest absolute Gasteiger partial charge is 0.316 e. The predicted octanol–water partition coefficient (Wildman–Crippen LogP) is 3.59. The monoisotopic (exact) mass is 284 g/mol. The molecule has 106 valence electrons. The molecular formula is C15H21ClO3. The van der Waals surface area contributed by atoms with Crippen molar-refractivity contribution in [2.24, 2.45) is 0 Å². The lowest BCUT2D eigenvalue weighted by Gasteiger charge is -2.23. The van der Waals surface area contributed by atoms with Crippen molar-refractivity contribution in [2.45, 2.75) is 39.2 Å². The molecule has 1 aromatic rings. The predicted molar refractivity (Wildman–Crippen MR) is 76.5 cm³/mol. The van der Waals surface area contributed by atoms with E-state index < -0.39 is 5.41 Å². The maximum atomic E-state index is 12.1. The molecule has 0 unspecified atom stereocenters. The molecule has 0 heterocycles. The van der Waals surface area contributed by atoms with Gasteiger partial charge in [0, 0.05) is 5.02 Å². The van der Waals surface area contributed by atoms with Crippen molar-refractivity contribution < 1.29 is 14.3 Å². The first-order chi connectivity index (χ1) is 8.84. The highest BCUT2D eigenvalue weighted by atomic mass is 35.5. The van der Waals surface area contributed by atoms with Crippen LogP contribution in [0.25, 0.3) is 0 Å². The number of rotatable bonds is 6. The van der Waals surface area contributed by atoms with Gasteiger partial charge >= 0.3 is 5.97 Å². The average Bonchev–Trinajstić information content (AvgIpc) is 2.34. The van der Waals surface area contributed by atoms with Crippen LogP contribution in [-0.2, 0) is 19.7 Å². The molecule has 1 aromatic carbocycles. The molecule has 0 aliphatic rings. The third-order valence-electron chi connectivity index (χ3n) is 2.82. The quantitative estimate of drug-likeness (QED) is 0.592. The number of carbonyl (C=O) groups excluding carboxylic acids is 1. The molecule has 19 heavy (non-hydrogen) atoms. The molecule has 0 amide bonds. The second-order valence-electron chi connectivity index (χ2n) is 5.19. The number of hydrogen-bond donors (Lipinski definition) is 0. The van der Waals surface area contributed by atoms with Crippen LogP contribution >= 0.6 is 11.6 Å². The fourth-order valence-electron chi connectivity index (χ4n) is 1.59. The summed E-state index contributed by atoms with van der Waals surface area (Å²) in [7, 11) is 0. The Bertz CT molecular complexity index is 427. The normalized spacial score (nSPS) is 11.7. The third kappa shape index (κ3) is 4.84. The summed E-state index contributed by atoms with van der Waals surface area (Å²) in [5.74, 6) is -0.276. The molecule has 3 nitrogen and oxygen atoms in total. The molecule has 4 heteroatoms. The van der Waals surface area contributed by atoms with Crippen LogP contribution in [0.2, 0.25) is 5.02 Å². The molecule has 0 atom stereocenters. The summed E-state index contributed by atoms with van der Waals surface area (Å²) in [6.45, 7) is 8.21. The van der Waals surface area contributed by atoms with E-state index in [9.17, 15) is 4.79 Å². The number of halogens is 1. The standard InChI is InChI=1S/C15H21ClO3/c1-11(2)18-8-9-19-14(17)15(3,4)12-6-5-7-13(16)10-12/h5-7,10-11H,8-9H2,1-4H3. The van der Waals surface area contributed by atoms with E-state index in [1.165, 1.54) is 0 Å². The Morgan fingerprint density at radius 3 is 2.58 bits per heavy atom. The van der Waals surface area contributed by atoms with E-state index in [1.54, 1.807) is 12.1 Å². The van der Waals surface area contributed by atoms with Crippen LogP contribution < -0.4 is 0 Å². The maximum Gasteiger partial charge on any atom is 0.316 e. The molecule has 0 saturated carbocycles. The number of esters is 1. The van der Waals surface area contributed by atoms with Crippen molar-refractivity contribution in [3.8, 4) is 0 Å². The third-order valence-corrected chi connectivity index (χ3v) is 3.06. The highest BCUT2D eigenvalue weighted by Crippen LogP contribution is 2.26. The van der Waals surface area contributed by atoms with Gasteiger partial charge in [-0.05, 0) is 45.4 Å². The molecule has 0 aromatic heterocycles. The van der Waals surface area contributed by atoms with Gasteiger partial charge in [-0.25, -0.2) is 0 Å². The molecule has 0 aliphatic carbocycles.